The van der Waals surface area contributed by atoms with Crippen molar-refractivity contribution in [1.82, 2.24) is 9.62 Å². The molecule has 1 amide bonds. The average molecular weight is 441 g/mol. The van der Waals surface area contributed by atoms with Crippen LogP contribution >= 0.6 is 0 Å². The minimum Gasteiger partial charge on any atom is -0.368 e. The molecule has 0 spiro atoms. The largest absolute Gasteiger partial charge is 0.368 e. The van der Waals surface area contributed by atoms with E-state index in [1.54, 1.807) is 6.92 Å². The second-order valence-electron chi connectivity index (χ2n) is 9.31. The lowest BCUT2D eigenvalue weighted by atomic mass is 9.94. The van der Waals surface area contributed by atoms with Crippen LogP contribution in [0.5, 0.6) is 0 Å². The maximum atomic E-state index is 13.1. The summed E-state index contributed by atoms with van der Waals surface area (Å²) in [6.45, 7) is 11.9. The van der Waals surface area contributed by atoms with Gasteiger partial charge in [-0.05, 0) is 58.1 Å². The van der Waals surface area contributed by atoms with E-state index in [4.69, 9.17) is 0 Å². The Hall–Kier alpha value is -2.20. The highest BCUT2D eigenvalue weighted by Crippen LogP contribution is 2.32. The molecule has 1 aromatic carbocycles. The molecule has 0 aromatic heterocycles. The third-order valence-electron chi connectivity index (χ3n) is 4.90. The van der Waals surface area contributed by atoms with Gasteiger partial charge in [0.2, 0.25) is 15.9 Å². The molecule has 10 heteroatoms. The first-order valence-electron chi connectivity index (χ1n) is 10.1. The van der Waals surface area contributed by atoms with E-state index in [9.17, 15) is 23.3 Å². The van der Waals surface area contributed by atoms with Gasteiger partial charge in [0.1, 0.15) is 11.7 Å². The van der Waals surface area contributed by atoms with Gasteiger partial charge in [0.25, 0.3) is 5.69 Å². The summed E-state index contributed by atoms with van der Waals surface area (Å²) in [5, 5.41) is 17.2. The van der Waals surface area contributed by atoms with E-state index in [0.717, 1.165) is 12.5 Å². The van der Waals surface area contributed by atoms with Gasteiger partial charge in [0.15, 0.2) is 0 Å². The second-order valence-corrected chi connectivity index (χ2v) is 11.2. The van der Waals surface area contributed by atoms with Gasteiger partial charge in [0.05, 0.1) is 9.82 Å². The number of piperidine rings is 1. The van der Waals surface area contributed by atoms with Crippen molar-refractivity contribution in [2.45, 2.75) is 64.4 Å². The lowest BCUT2D eigenvalue weighted by Gasteiger charge is -2.34. The first-order chi connectivity index (χ1) is 13.7. The normalized spacial score (nSPS) is 21.7. The van der Waals surface area contributed by atoms with Crippen LogP contribution in [0.4, 0.5) is 11.4 Å². The van der Waals surface area contributed by atoms with Crippen molar-refractivity contribution in [3.05, 3.63) is 28.3 Å². The predicted molar refractivity (Wildman–Crippen MR) is 116 cm³/mol. The minimum absolute atomic E-state index is 0.0934. The number of sulfonamides is 1. The Balaban J connectivity index is 2.31. The SMILES string of the molecule is C[C@@H]1C[C@@H](C)CN(S(=O)(=O)c2ccc(N[C@@H](C)C(=O)NC(C)(C)C)c([N+](=O)[O-])c2)C1. The molecule has 2 rings (SSSR count). The van der Waals surface area contributed by atoms with Crippen molar-refractivity contribution in [2.75, 3.05) is 18.4 Å². The molecule has 0 bridgehead atoms. The first-order valence-corrected chi connectivity index (χ1v) is 11.5. The van der Waals surface area contributed by atoms with Crippen molar-refractivity contribution >= 4 is 27.3 Å². The van der Waals surface area contributed by atoms with Crippen molar-refractivity contribution in [3.8, 4) is 0 Å². The standard InChI is InChI=1S/C20H32N4O5S/c1-13-9-14(2)12-23(11-13)30(28,29)16-7-8-17(18(10-16)24(26)27)21-15(3)19(25)22-20(4,5)6/h7-8,10,13-15,21H,9,11-12H2,1-6H3,(H,22,25)/t13-,14-,15+/m1/s1. The Kier molecular flexibility index (Phi) is 7.13. The van der Waals surface area contributed by atoms with Crippen LogP contribution in [0.1, 0.15) is 48.0 Å². The number of hydrogen-bond donors (Lipinski definition) is 2. The molecule has 168 valence electrons. The van der Waals surface area contributed by atoms with Gasteiger partial charge >= 0.3 is 0 Å². The molecule has 30 heavy (non-hydrogen) atoms. The smallest absolute Gasteiger partial charge is 0.293 e. The average Bonchev–Trinajstić information content (AvgIpc) is 2.59. The molecule has 0 aliphatic carbocycles. The van der Waals surface area contributed by atoms with Gasteiger partial charge in [-0.1, -0.05) is 13.8 Å². The number of nitro groups is 1. The Morgan fingerprint density at radius 3 is 2.30 bits per heavy atom. The lowest BCUT2D eigenvalue weighted by molar-refractivity contribution is -0.384. The summed E-state index contributed by atoms with van der Waals surface area (Å²) in [5.41, 5.74) is -0.736. The van der Waals surface area contributed by atoms with Crippen molar-refractivity contribution < 1.29 is 18.1 Å². The first kappa shape index (κ1) is 24.1. The van der Waals surface area contributed by atoms with E-state index < -0.39 is 26.5 Å². The summed E-state index contributed by atoms with van der Waals surface area (Å²) in [7, 11) is -3.85. The molecule has 0 unspecified atom stereocenters. The third kappa shape index (κ3) is 5.91. The summed E-state index contributed by atoms with van der Waals surface area (Å²) in [5.74, 6) is 0.132. The number of nitro benzene ring substituents is 1. The summed E-state index contributed by atoms with van der Waals surface area (Å²) >= 11 is 0. The Bertz CT molecular complexity index is 900. The van der Waals surface area contributed by atoms with E-state index in [0.29, 0.717) is 13.1 Å². The Morgan fingerprint density at radius 2 is 1.80 bits per heavy atom. The van der Waals surface area contributed by atoms with Gasteiger partial charge < -0.3 is 10.6 Å². The van der Waals surface area contributed by atoms with E-state index in [2.05, 4.69) is 10.6 Å². The van der Waals surface area contributed by atoms with Crippen LogP contribution in [0.15, 0.2) is 23.1 Å². The quantitative estimate of drug-likeness (QED) is 0.518. The van der Waals surface area contributed by atoms with Crippen LogP contribution in [0.3, 0.4) is 0 Å². The molecule has 3 atom stereocenters. The van der Waals surface area contributed by atoms with Gasteiger partial charge in [-0.3, -0.25) is 14.9 Å². The second kappa shape index (κ2) is 8.89. The number of carbonyl (C=O) groups is 1. The number of anilines is 1. The molecular formula is C20H32N4O5S. The van der Waals surface area contributed by atoms with Gasteiger partial charge in [-0.15, -0.1) is 0 Å². The molecular weight excluding hydrogens is 408 g/mol. The summed E-state index contributed by atoms with van der Waals surface area (Å²) in [6.07, 6.45) is 0.948. The van der Waals surface area contributed by atoms with Crippen LogP contribution in [-0.2, 0) is 14.8 Å². The predicted octanol–water partition coefficient (Wildman–Crippen LogP) is 2.98. The molecule has 1 aliphatic heterocycles. The van der Waals surface area contributed by atoms with Crippen LogP contribution in [0.2, 0.25) is 0 Å². The van der Waals surface area contributed by atoms with E-state index in [-0.39, 0.29) is 34.0 Å². The molecule has 9 nitrogen and oxygen atoms in total. The van der Waals surface area contributed by atoms with Gasteiger partial charge in [-0.25, -0.2) is 8.42 Å². The number of hydrogen-bond acceptors (Lipinski definition) is 6. The van der Waals surface area contributed by atoms with Gasteiger partial charge in [-0.2, -0.15) is 4.31 Å². The Labute approximate surface area is 178 Å². The number of amides is 1. The maximum Gasteiger partial charge on any atom is 0.293 e. The minimum atomic E-state index is -3.85. The fraction of sp³-hybridized carbons (Fsp3) is 0.650. The number of nitrogens with zero attached hydrogens (tertiary/aromatic N) is 2. The molecule has 0 radical (unpaired) electrons. The summed E-state index contributed by atoms with van der Waals surface area (Å²) in [4.78, 5) is 23.2. The zero-order valence-corrected chi connectivity index (χ0v) is 19.2. The number of carbonyl (C=O) groups excluding carboxylic acids is 1. The highest BCUT2D eigenvalue weighted by molar-refractivity contribution is 7.89. The van der Waals surface area contributed by atoms with Gasteiger partial charge in [0, 0.05) is 24.7 Å². The number of rotatable bonds is 6. The van der Waals surface area contributed by atoms with E-state index in [1.807, 2.05) is 34.6 Å². The molecule has 2 N–H and O–H groups in total. The topological polar surface area (TPSA) is 122 Å². The number of benzene rings is 1. The van der Waals surface area contributed by atoms with Crippen LogP contribution in [-0.4, -0.2) is 48.2 Å². The zero-order chi connectivity index (χ0) is 22.9. The molecule has 1 fully saturated rings. The van der Waals surface area contributed by atoms with Crippen LogP contribution in [0.25, 0.3) is 0 Å². The summed E-state index contributed by atoms with van der Waals surface area (Å²) < 4.78 is 27.5. The fourth-order valence-corrected chi connectivity index (χ4v) is 5.37. The molecule has 1 aliphatic rings. The van der Waals surface area contributed by atoms with Crippen LogP contribution < -0.4 is 10.6 Å². The highest BCUT2D eigenvalue weighted by atomic mass is 32.2. The van der Waals surface area contributed by atoms with Crippen molar-refractivity contribution in [3.63, 3.8) is 0 Å². The third-order valence-corrected chi connectivity index (χ3v) is 6.73. The van der Waals surface area contributed by atoms with E-state index >= 15 is 0 Å². The monoisotopic (exact) mass is 440 g/mol. The summed E-state index contributed by atoms with van der Waals surface area (Å²) in [6, 6.07) is 3.02. The molecule has 0 saturated carbocycles. The highest BCUT2D eigenvalue weighted by Gasteiger charge is 2.33. The maximum absolute atomic E-state index is 13.1. The lowest BCUT2D eigenvalue weighted by Crippen LogP contribution is -2.47. The molecule has 1 aromatic rings. The molecule has 1 saturated heterocycles. The van der Waals surface area contributed by atoms with Crippen molar-refractivity contribution in [1.29, 1.82) is 0 Å². The molecule has 1 heterocycles. The van der Waals surface area contributed by atoms with Crippen molar-refractivity contribution in [2.24, 2.45) is 11.8 Å². The number of nitrogens with one attached hydrogen (secondary N) is 2. The van der Waals surface area contributed by atoms with E-state index in [1.165, 1.54) is 16.4 Å². The van der Waals surface area contributed by atoms with Crippen LogP contribution in [0, 0.1) is 22.0 Å². The fourth-order valence-electron chi connectivity index (χ4n) is 3.67. The Morgan fingerprint density at radius 1 is 1.23 bits per heavy atom. The zero-order valence-electron chi connectivity index (χ0n) is 18.4.